The van der Waals surface area contributed by atoms with E-state index in [-0.39, 0.29) is 32.0 Å². The van der Waals surface area contributed by atoms with E-state index in [4.69, 9.17) is 6.80 Å². The molecule has 0 spiro atoms. The monoisotopic (exact) mass is 458 g/mol. The van der Waals surface area contributed by atoms with Crippen LogP contribution in [0.4, 0.5) is 0 Å². The molecule has 0 aromatic carbocycles. The van der Waals surface area contributed by atoms with Gasteiger partial charge in [0.25, 0.3) is 0 Å². The average molecular weight is 458 g/mol. The third-order valence-electron chi connectivity index (χ3n) is 0. The molecule has 0 aromatic heterocycles. The van der Waals surface area contributed by atoms with Crippen molar-refractivity contribution >= 4 is 0 Å². The van der Waals surface area contributed by atoms with Gasteiger partial charge in [-0.15, -0.1) is 0 Å². The molecule has 48 valence electrons. The minimum absolute atomic E-state index is 0. The summed E-state index contributed by atoms with van der Waals surface area (Å²) in [5.74, 6) is 0. The minimum atomic E-state index is -1.92. The van der Waals surface area contributed by atoms with E-state index >= 15 is 0 Å². The maximum absolute atomic E-state index is 8.49. The van der Waals surface area contributed by atoms with Gasteiger partial charge in [0.2, 0.25) is 0 Å². The fraction of sp³-hybridized carbons (Fsp3) is 0. The molecule has 0 radical (unpaired) electrons. The second-order valence-corrected chi connectivity index (χ2v) is 0.431. The second kappa shape index (κ2) is 39.3. The van der Waals surface area contributed by atoms with Crippen LogP contribution in [0.3, 0.4) is 0 Å². The van der Waals surface area contributed by atoms with E-state index in [2.05, 4.69) is 0 Å². The fourth-order valence-corrected chi connectivity index (χ4v) is 0. The Morgan fingerprint density at radius 2 is 1.00 bits per heavy atom. The Morgan fingerprint density at radius 3 is 1.00 bits per heavy atom. The summed E-state index contributed by atoms with van der Waals surface area (Å²) in [5.41, 5.74) is 0. The molecule has 0 aromatic rings. The Kier molecular flexibility index (Phi) is 187. The molecular formula is H4O4Pt2. The average Bonchev–Trinajstić information content (AvgIpc) is 0.918. The molecule has 6 heteroatoms. The van der Waals surface area contributed by atoms with E-state index in [0.717, 1.165) is 0 Å². The van der Waals surface area contributed by atoms with Gasteiger partial charge >= 0.3 is 25.3 Å². The molecule has 6 heavy (non-hydrogen) atoms. The third-order valence-corrected chi connectivity index (χ3v) is 0. The molecule has 0 atom stereocenters. The summed E-state index contributed by atoms with van der Waals surface area (Å²) < 4.78 is 17.0. The summed E-state index contributed by atoms with van der Waals surface area (Å²) in [4.78, 5) is 0. The zero-order chi connectivity index (χ0) is 2.71. The van der Waals surface area contributed by atoms with Gasteiger partial charge in [0, 0.05) is 21.1 Å². The first-order chi connectivity index (χ1) is 1.41. The fourth-order valence-electron chi connectivity index (χ4n) is 0. The molecule has 0 aliphatic carbocycles. The third kappa shape index (κ3) is 92.5. The predicted octanol–water partition coefficient (Wildman–Crippen LogP) is -1.89. The van der Waals surface area contributed by atoms with Crippen molar-refractivity contribution in [3.8, 4) is 0 Å². The summed E-state index contributed by atoms with van der Waals surface area (Å²) in [7, 11) is 0. The summed E-state index contributed by atoms with van der Waals surface area (Å²) in [6.45, 7) is 0. The topological polar surface area (TPSA) is 97.1 Å². The predicted molar refractivity (Wildman–Crippen MR) is 8.60 cm³/mol. The standard InChI is InChI=1S/2H2O.2O.2Pt/h2*1H2;;;;. The van der Waals surface area contributed by atoms with Gasteiger partial charge in [-0.3, -0.25) is 0 Å². The van der Waals surface area contributed by atoms with Gasteiger partial charge in [0.15, 0.2) is 0 Å². The van der Waals surface area contributed by atoms with Crippen LogP contribution in [0, 0.1) is 0 Å². The van der Waals surface area contributed by atoms with Crippen LogP contribution >= 0.6 is 0 Å². The molecule has 4 nitrogen and oxygen atoms in total. The maximum atomic E-state index is 8.49. The number of rotatable bonds is 0. The van der Waals surface area contributed by atoms with Gasteiger partial charge in [0.1, 0.15) is 0 Å². The molecule has 0 rings (SSSR count). The van der Waals surface area contributed by atoms with Crippen LogP contribution in [0.15, 0.2) is 0 Å². The largest absolute Gasteiger partial charge is 0 e. The van der Waals surface area contributed by atoms with E-state index in [1.165, 1.54) is 0 Å². The van der Waals surface area contributed by atoms with E-state index in [1.807, 2.05) is 0 Å². The molecule has 0 aliphatic heterocycles. The molecule has 0 fully saturated rings. The van der Waals surface area contributed by atoms with Crippen molar-refractivity contribution in [2.24, 2.45) is 0 Å². The van der Waals surface area contributed by atoms with E-state index in [9.17, 15) is 0 Å². The first-order valence-corrected chi connectivity index (χ1v) is 2.11. The van der Waals surface area contributed by atoms with Crippen molar-refractivity contribution < 1.29 is 57.3 Å². The van der Waals surface area contributed by atoms with Crippen LogP contribution in [-0.2, 0) is 46.3 Å². The molecular weight excluding hydrogens is 454 g/mol. The van der Waals surface area contributed by atoms with Gasteiger partial charge in [-0.25, -0.2) is 0 Å². The van der Waals surface area contributed by atoms with Gasteiger partial charge in [-0.05, 0) is 0 Å². The Labute approximate surface area is 57.3 Å². The van der Waals surface area contributed by atoms with Crippen molar-refractivity contribution in [1.29, 1.82) is 0 Å². The van der Waals surface area contributed by atoms with Crippen LogP contribution in [0.25, 0.3) is 0 Å². The van der Waals surface area contributed by atoms with Crippen LogP contribution in [0.1, 0.15) is 0 Å². The number of hydrogen-bond donors (Lipinski definition) is 0. The molecule has 0 aliphatic rings. The van der Waals surface area contributed by atoms with Crippen LogP contribution < -0.4 is 0 Å². The van der Waals surface area contributed by atoms with Gasteiger partial charge < -0.3 is 11.0 Å². The molecule has 0 amide bonds. The van der Waals surface area contributed by atoms with Crippen molar-refractivity contribution in [2.75, 3.05) is 0 Å². The molecule has 0 unspecified atom stereocenters. The summed E-state index contributed by atoms with van der Waals surface area (Å²) in [6.07, 6.45) is 0. The quantitative estimate of drug-likeness (QED) is 0.425. The number of hydrogen-bond acceptors (Lipinski definition) is 2. The van der Waals surface area contributed by atoms with Crippen molar-refractivity contribution in [1.82, 2.24) is 0 Å². The minimum Gasteiger partial charge on any atom is 0 e. The van der Waals surface area contributed by atoms with Crippen molar-refractivity contribution in [3.63, 3.8) is 0 Å². The zero-order valence-electron chi connectivity index (χ0n) is 2.45. The summed E-state index contributed by atoms with van der Waals surface area (Å²) in [5, 5.41) is 0. The summed E-state index contributed by atoms with van der Waals surface area (Å²) >= 11 is -1.92. The van der Waals surface area contributed by atoms with Crippen molar-refractivity contribution in [3.05, 3.63) is 0 Å². The Balaban J connectivity index is -0.00000000667. The van der Waals surface area contributed by atoms with Gasteiger partial charge in [-0.2, -0.15) is 0 Å². The molecule has 0 bridgehead atoms. The van der Waals surface area contributed by atoms with E-state index < -0.39 is 18.5 Å². The van der Waals surface area contributed by atoms with Crippen molar-refractivity contribution in [2.45, 2.75) is 0 Å². The second-order valence-electron chi connectivity index (χ2n) is 0.0527. The molecule has 0 heterocycles. The van der Waals surface area contributed by atoms with E-state index in [1.54, 1.807) is 0 Å². The Bertz CT molecular complexity index is 26.5. The van der Waals surface area contributed by atoms with Gasteiger partial charge in [-0.1, -0.05) is 0 Å². The maximum Gasteiger partial charge on any atom is 0 e. The Hall–Kier alpha value is 0.897. The molecule has 4 N–H and O–H groups in total. The van der Waals surface area contributed by atoms with Crippen LogP contribution in [0.2, 0.25) is 0 Å². The molecule has 0 saturated carbocycles. The zero-order valence-corrected chi connectivity index (χ0v) is 6.99. The first-order valence-electron chi connectivity index (χ1n) is 0.258. The SMILES string of the molecule is O.O.[O]=[Pt]=[O].[Pt]. The smallest absolute Gasteiger partial charge is 0 e. The normalized spacial score (nSPS) is 3.33. The van der Waals surface area contributed by atoms with Crippen LogP contribution in [0.5, 0.6) is 0 Å². The van der Waals surface area contributed by atoms with Gasteiger partial charge in [0.05, 0.1) is 0 Å². The van der Waals surface area contributed by atoms with E-state index in [0.29, 0.717) is 0 Å². The Morgan fingerprint density at radius 1 is 1.00 bits per heavy atom. The summed E-state index contributed by atoms with van der Waals surface area (Å²) in [6, 6.07) is 0. The van der Waals surface area contributed by atoms with Crippen LogP contribution in [-0.4, -0.2) is 11.0 Å². The first kappa shape index (κ1) is 28.6. The molecule has 0 saturated heterocycles.